The van der Waals surface area contributed by atoms with E-state index in [2.05, 4.69) is 39.3 Å². The average Bonchev–Trinajstić information content (AvgIpc) is 2.41. The third-order valence-corrected chi connectivity index (χ3v) is 14.1. The van der Waals surface area contributed by atoms with E-state index in [1.807, 2.05) is 13.5 Å². The molecule has 0 fully saturated rings. The van der Waals surface area contributed by atoms with Gasteiger partial charge < -0.3 is 23.5 Å². The van der Waals surface area contributed by atoms with Crippen LogP contribution in [-0.2, 0) is 13.0 Å². The van der Waals surface area contributed by atoms with Gasteiger partial charge in [-0.1, -0.05) is 12.5 Å². The molecule has 0 saturated carbocycles. The van der Waals surface area contributed by atoms with Gasteiger partial charge in [-0.3, -0.25) is 0 Å². The van der Waals surface area contributed by atoms with Crippen molar-refractivity contribution in [1.29, 1.82) is 0 Å². The van der Waals surface area contributed by atoms with Gasteiger partial charge in [-0.15, -0.1) is 0 Å². The molecular formula is C17H38O6Si3. The zero-order chi connectivity index (χ0) is 20.9. The number of carboxylic acids is 1. The maximum atomic E-state index is 11.7. The Morgan fingerprint density at radius 1 is 1.00 bits per heavy atom. The van der Waals surface area contributed by atoms with Crippen LogP contribution in [0.3, 0.4) is 0 Å². The van der Waals surface area contributed by atoms with Crippen molar-refractivity contribution in [2.75, 3.05) is 6.61 Å². The SMILES string of the molecule is CCC(C(CC(O)CO)=C(C)C(=O)O)[Si](C)(O[Si](C)(C)C)O[Si](C)(C)C. The molecule has 0 rings (SSSR count). The summed E-state index contributed by atoms with van der Waals surface area (Å²) in [6, 6.07) is 0. The van der Waals surface area contributed by atoms with Crippen molar-refractivity contribution in [3.8, 4) is 0 Å². The fraction of sp³-hybridized carbons (Fsp3) is 0.824. The number of carbonyl (C=O) groups is 1. The largest absolute Gasteiger partial charge is 0.478 e. The molecule has 0 radical (unpaired) electrons. The predicted octanol–water partition coefficient (Wildman–Crippen LogP) is 3.69. The van der Waals surface area contributed by atoms with E-state index in [4.69, 9.17) is 8.23 Å². The molecule has 2 atom stereocenters. The van der Waals surface area contributed by atoms with E-state index in [0.717, 1.165) is 0 Å². The minimum Gasteiger partial charge on any atom is -0.478 e. The summed E-state index contributed by atoms with van der Waals surface area (Å²) in [6.07, 6.45) is -0.222. The van der Waals surface area contributed by atoms with Crippen molar-refractivity contribution in [3.63, 3.8) is 0 Å². The standard InChI is InChI=1S/C17H38O6Si3/c1-10-16(15(11-14(19)12-18)13(2)17(20)21)26(9,22-24(3,4)5)23-25(6,7)8/h14,16,18-19H,10-12H2,1-9H3,(H,20,21). The second-order valence-corrected chi connectivity index (χ2v) is 21.7. The maximum Gasteiger partial charge on any atom is 0.331 e. The molecule has 0 saturated heterocycles. The van der Waals surface area contributed by atoms with E-state index in [1.54, 1.807) is 6.92 Å². The van der Waals surface area contributed by atoms with E-state index in [-0.39, 0.29) is 17.5 Å². The maximum absolute atomic E-state index is 11.7. The summed E-state index contributed by atoms with van der Waals surface area (Å²) < 4.78 is 13.2. The van der Waals surface area contributed by atoms with Crippen LogP contribution in [0, 0.1) is 0 Å². The molecule has 0 aromatic carbocycles. The number of rotatable bonds is 11. The Balaban J connectivity index is 6.31. The number of aliphatic carboxylic acids is 1. The Morgan fingerprint density at radius 3 is 1.69 bits per heavy atom. The summed E-state index contributed by atoms with van der Waals surface area (Å²) in [4.78, 5) is 11.7. The summed E-state index contributed by atoms with van der Waals surface area (Å²) in [6.45, 7) is 17.8. The van der Waals surface area contributed by atoms with Crippen LogP contribution in [0.1, 0.15) is 26.7 Å². The highest BCUT2D eigenvalue weighted by atomic mass is 28.5. The van der Waals surface area contributed by atoms with Gasteiger partial charge in [0, 0.05) is 11.1 Å². The smallest absolute Gasteiger partial charge is 0.331 e. The second kappa shape index (κ2) is 9.76. The molecule has 9 heteroatoms. The molecule has 6 nitrogen and oxygen atoms in total. The van der Waals surface area contributed by atoms with E-state index in [0.29, 0.717) is 12.0 Å². The molecule has 0 aliphatic carbocycles. The average molecular weight is 423 g/mol. The Hall–Kier alpha value is -0.299. The molecule has 0 bridgehead atoms. The van der Waals surface area contributed by atoms with Crippen LogP contribution in [0.5, 0.6) is 0 Å². The summed E-state index contributed by atoms with van der Waals surface area (Å²) in [5.74, 6) is -1.01. The molecule has 3 N–H and O–H groups in total. The quantitative estimate of drug-likeness (QED) is 0.347. The number of hydrogen-bond donors (Lipinski definition) is 3. The van der Waals surface area contributed by atoms with Gasteiger partial charge in [-0.2, -0.15) is 0 Å². The molecule has 0 aliphatic heterocycles. The molecule has 0 aromatic heterocycles. The molecule has 26 heavy (non-hydrogen) atoms. The first-order valence-electron chi connectivity index (χ1n) is 9.18. The van der Waals surface area contributed by atoms with E-state index in [9.17, 15) is 20.1 Å². The molecule has 2 unspecified atom stereocenters. The lowest BCUT2D eigenvalue weighted by Crippen LogP contribution is -2.56. The summed E-state index contributed by atoms with van der Waals surface area (Å²) in [5.41, 5.74) is 0.645. The molecule has 154 valence electrons. The number of aliphatic hydroxyl groups is 2. The predicted molar refractivity (Wildman–Crippen MR) is 113 cm³/mol. The van der Waals surface area contributed by atoms with Crippen molar-refractivity contribution in [3.05, 3.63) is 11.1 Å². The lowest BCUT2D eigenvalue weighted by Gasteiger charge is -2.44. The van der Waals surface area contributed by atoms with Crippen LogP contribution in [0.15, 0.2) is 11.1 Å². The van der Waals surface area contributed by atoms with Crippen molar-refractivity contribution in [2.24, 2.45) is 0 Å². The Kier molecular flexibility index (Phi) is 9.65. The first-order valence-corrected chi connectivity index (χ1v) is 18.4. The zero-order valence-electron chi connectivity index (χ0n) is 17.8. The number of hydrogen-bond acceptors (Lipinski definition) is 5. The lowest BCUT2D eigenvalue weighted by atomic mass is 9.98. The van der Waals surface area contributed by atoms with Crippen molar-refractivity contribution in [2.45, 2.75) is 84.2 Å². The van der Waals surface area contributed by atoms with Gasteiger partial charge in [0.25, 0.3) is 0 Å². The Bertz CT molecular complexity index is 492. The third-order valence-electron chi connectivity index (χ3n) is 3.95. The second-order valence-electron chi connectivity index (χ2n) is 8.90. The number of carboxylic acid groups (broad SMARTS) is 1. The molecule has 0 heterocycles. The topological polar surface area (TPSA) is 96.2 Å². The van der Waals surface area contributed by atoms with Gasteiger partial charge in [0.1, 0.15) is 0 Å². The zero-order valence-corrected chi connectivity index (χ0v) is 20.8. The molecule has 0 aromatic rings. The van der Waals surface area contributed by atoms with Crippen LogP contribution in [0.4, 0.5) is 0 Å². The van der Waals surface area contributed by atoms with Crippen molar-refractivity contribution < 1.29 is 28.3 Å². The molecule has 0 amide bonds. The Morgan fingerprint density at radius 2 is 1.42 bits per heavy atom. The fourth-order valence-electron chi connectivity index (χ4n) is 3.33. The van der Waals surface area contributed by atoms with Gasteiger partial charge in [-0.05, 0) is 65.6 Å². The summed E-state index contributed by atoms with van der Waals surface area (Å²) >= 11 is 0. The molecular weight excluding hydrogens is 384 g/mol. The van der Waals surface area contributed by atoms with Gasteiger partial charge in [0.15, 0.2) is 16.6 Å². The van der Waals surface area contributed by atoms with Gasteiger partial charge in [0.2, 0.25) is 0 Å². The van der Waals surface area contributed by atoms with Crippen LogP contribution >= 0.6 is 0 Å². The monoisotopic (exact) mass is 422 g/mol. The number of aliphatic hydroxyl groups excluding tert-OH is 2. The Labute approximate surface area is 161 Å². The van der Waals surface area contributed by atoms with Crippen LogP contribution < -0.4 is 0 Å². The van der Waals surface area contributed by atoms with Gasteiger partial charge in [-0.25, -0.2) is 4.79 Å². The van der Waals surface area contributed by atoms with Crippen LogP contribution in [-0.4, -0.2) is 59.2 Å². The first-order chi connectivity index (χ1) is 11.6. The first kappa shape index (κ1) is 25.7. The van der Waals surface area contributed by atoms with Gasteiger partial charge >= 0.3 is 14.5 Å². The molecule has 0 aliphatic rings. The van der Waals surface area contributed by atoms with E-state index in [1.165, 1.54) is 0 Å². The molecule has 0 spiro atoms. The van der Waals surface area contributed by atoms with Crippen LogP contribution in [0.25, 0.3) is 0 Å². The highest BCUT2D eigenvalue weighted by Crippen LogP contribution is 2.41. The minimum atomic E-state index is -2.79. The summed E-state index contributed by atoms with van der Waals surface area (Å²) in [7, 11) is -6.69. The summed E-state index contributed by atoms with van der Waals surface area (Å²) in [5, 5.41) is 28.8. The lowest BCUT2D eigenvalue weighted by molar-refractivity contribution is -0.132. The third kappa shape index (κ3) is 8.59. The highest BCUT2D eigenvalue weighted by molar-refractivity contribution is 6.88. The van der Waals surface area contributed by atoms with Gasteiger partial charge in [0.05, 0.1) is 12.7 Å². The normalized spacial score (nSPS) is 16.9. The highest BCUT2D eigenvalue weighted by Gasteiger charge is 2.48. The fourth-order valence-corrected chi connectivity index (χ4v) is 16.4. The van der Waals surface area contributed by atoms with Crippen molar-refractivity contribution >= 4 is 31.2 Å². The van der Waals surface area contributed by atoms with Crippen molar-refractivity contribution in [1.82, 2.24) is 0 Å². The van der Waals surface area contributed by atoms with E-state index < -0.39 is 43.9 Å². The van der Waals surface area contributed by atoms with Crippen LogP contribution in [0.2, 0.25) is 51.4 Å². The minimum absolute atomic E-state index is 0.111. The van der Waals surface area contributed by atoms with E-state index >= 15 is 0 Å².